The molecular weight excluding hydrogens is 298 g/mol. The van der Waals surface area contributed by atoms with Gasteiger partial charge in [0.2, 0.25) is 0 Å². The molecule has 1 N–H and O–H groups in total. The fourth-order valence-electron chi connectivity index (χ4n) is 3.75. The van der Waals surface area contributed by atoms with Gasteiger partial charge in [-0.2, -0.15) is 0 Å². The van der Waals surface area contributed by atoms with E-state index in [-0.39, 0.29) is 6.03 Å². The first-order valence-corrected chi connectivity index (χ1v) is 9.54. The highest BCUT2D eigenvalue weighted by molar-refractivity contribution is 5.75. The molecular formula is C20H31N3O. The highest BCUT2D eigenvalue weighted by atomic mass is 16.2. The van der Waals surface area contributed by atoms with Crippen LogP contribution in [0.25, 0.3) is 0 Å². The molecule has 3 rings (SSSR count). The van der Waals surface area contributed by atoms with Crippen molar-refractivity contribution in [1.29, 1.82) is 0 Å². The van der Waals surface area contributed by atoms with Crippen LogP contribution >= 0.6 is 0 Å². The first-order chi connectivity index (χ1) is 11.6. The summed E-state index contributed by atoms with van der Waals surface area (Å²) >= 11 is 0. The van der Waals surface area contributed by atoms with Crippen molar-refractivity contribution in [3.63, 3.8) is 0 Å². The standard InChI is InChI=1S/C20H31N3O/c1-16(2)17-8-10-19(11-9-17)22-12-14-23(15-13-22)20(24)21-18-6-4-3-5-7-18/h8-11,16,18H,3-7,12-15H2,1-2H3,(H,21,24). The maximum Gasteiger partial charge on any atom is 0.317 e. The molecule has 0 atom stereocenters. The van der Waals surface area contributed by atoms with Crippen molar-refractivity contribution in [2.24, 2.45) is 0 Å². The molecule has 4 nitrogen and oxygen atoms in total. The molecule has 0 aromatic heterocycles. The monoisotopic (exact) mass is 329 g/mol. The molecule has 1 aromatic carbocycles. The van der Waals surface area contributed by atoms with E-state index in [9.17, 15) is 4.79 Å². The zero-order valence-corrected chi connectivity index (χ0v) is 15.1. The lowest BCUT2D eigenvalue weighted by molar-refractivity contribution is 0.186. The van der Waals surface area contributed by atoms with Gasteiger partial charge in [-0.25, -0.2) is 4.79 Å². The van der Waals surface area contributed by atoms with Gasteiger partial charge >= 0.3 is 6.03 Å². The average Bonchev–Trinajstić information content (AvgIpc) is 2.63. The lowest BCUT2D eigenvalue weighted by Gasteiger charge is -2.37. The first-order valence-electron chi connectivity index (χ1n) is 9.54. The topological polar surface area (TPSA) is 35.6 Å². The number of benzene rings is 1. The molecule has 1 saturated carbocycles. The van der Waals surface area contributed by atoms with Crippen molar-refractivity contribution in [3.05, 3.63) is 29.8 Å². The predicted molar refractivity (Wildman–Crippen MR) is 99.7 cm³/mol. The third kappa shape index (κ3) is 4.22. The van der Waals surface area contributed by atoms with E-state index in [0.29, 0.717) is 12.0 Å². The number of carbonyl (C=O) groups is 1. The molecule has 24 heavy (non-hydrogen) atoms. The Hall–Kier alpha value is -1.71. The second-order valence-corrected chi connectivity index (χ2v) is 7.50. The van der Waals surface area contributed by atoms with Crippen LogP contribution in [0.3, 0.4) is 0 Å². The van der Waals surface area contributed by atoms with Crippen LogP contribution in [0.15, 0.2) is 24.3 Å². The molecule has 4 heteroatoms. The number of hydrogen-bond donors (Lipinski definition) is 1. The third-order valence-electron chi connectivity index (χ3n) is 5.42. The van der Waals surface area contributed by atoms with E-state index < -0.39 is 0 Å². The Bertz CT molecular complexity index is 526. The van der Waals surface area contributed by atoms with Crippen LogP contribution in [-0.2, 0) is 0 Å². The minimum absolute atomic E-state index is 0.136. The van der Waals surface area contributed by atoms with Crippen LogP contribution in [0.4, 0.5) is 10.5 Å². The van der Waals surface area contributed by atoms with Crippen LogP contribution in [0.2, 0.25) is 0 Å². The first kappa shape index (κ1) is 17.1. The summed E-state index contributed by atoms with van der Waals surface area (Å²) in [5.41, 5.74) is 2.65. The zero-order valence-electron chi connectivity index (χ0n) is 15.1. The van der Waals surface area contributed by atoms with E-state index in [4.69, 9.17) is 0 Å². The number of urea groups is 1. The van der Waals surface area contributed by atoms with Gasteiger partial charge in [-0.15, -0.1) is 0 Å². The molecule has 1 heterocycles. The summed E-state index contributed by atoms with van der Waals surface area (Å²) in [4.78, 5) is 16.8. The van der Waals surface area contributed by atoms with Crippen LogP contribution in [0.1, 0.15) is 57.4 Å². The summed E-state index contributed by atoms with van der Waals surface area (Å²) in [5.74, 6) is 0.569. The molecule has 132 valence electrons. The van der Waals surface area contributed by atoms with E-state index in [1.807, 2.05) is 4.90 Å². The van der Waals surface area contributed by atoms with Crippen molar-refractivity contribution in [2.75, 3.05) is 31.1 Å². The number of anilines is 1. The normalized spacial score (nSPS) is 19.6. The average molecular weight is 329 g/mol. The summed E-state index contributed by atoms with van der Waals surface area (Å²) in [5, 5.41) is 3.23. The number of nitrogens with zero attached hydrogens (tertiary/aromatic N) is 2. The van der Waals surface area contributed by atoms with Gasteiger partial charge < -0.3 is 15.1 Å². The van der Waals surface area contributed by atoms with Gasteiger partial charge in [0.05, 0.1) is 0 Å². The van der Waals surface area contributed by atoms with Crippen molar-refractivity contribution in [3.8, 4) is 0 Å². The van der Waals surface area contributed by atoms with Gasteiger partial charge in [0, 0.05) is 37.9 Å². The minimum Gasteiger partial charge on any atom is -0.368 e. The summed E-state index contributed by atoms with van der Waals surface area (Å²) in [7, 11) is 0. The Kier molecular flexibility index (Phi) is 5.64. The number of piperazine rings is 1. The van der Waals surface area contributed by atoms with Crippen molar-refractivity contribution >= 4 is 11.7 Å². The second-order valence-electron chi connectivity index (χ2n) is 7.50. The highest BCUT2D eigenvalue weighted by Crippen LogP contribution is 2.22. The summed E-state index contributed by atoms with van der Waals surface area (Å²) in [6.45, 7) is 7.89. The lowest BCUT2D eigenvalue weighted by Crippen LogP contribution is -2.53. The number of hydrogen-bond acceptors (Lipinski definition) is 2. The van der Waals surface area contributed by atoms with Gasteiger partial charge in [0.15, 0.2) is 0 Å². The Balaban J connectivity index is 1.48. The maximum absolute atomic E-state index is 12.4. The minimum atomic E-state index is 0.136. The molecule has 0 radical (unpaired) electrons. The third-order valence-corrected chi connectivity index (χ3v) is 5.42. The fraction of sp³-hybridized carbons (Fsp3) is 0.650. The van der Waals surface area contributed by atoms with Gasteiger partial charge in [-0.1, -0.05) is 45.2 Å². The van der Waals surface area contributed by atoms with Crippen LogP contribution in [-0.4, -0.2) is 43.2 Å². The summed E-state index contributed by atoms with van der Waals surface area (Å²) in [6, 6.07) is 9.41. The van der Waals surface area contributed by atoms with E-state index in [1.165, 1.54) is 30.5 Å². The molecule has 0 bridgehead atoms. The number of nitrogens with one attached hydrogen (secondary N) is 1. The Morgan fingerprint density at radius 1 is 1.00 bits per heavy atom. The second kappa shape index (κ2) is 7.91. The van der Waals surface area contributed by atoms with Gasteiger partial charge in [0.1, 0.15) is 0 Å². The number of amides is 2. The van der Waals surface area contributed by atoms with E-state index in [0.717, 1.165) is 39.0 Å². The van der Waals surface area contributed by atoms with E-state index in [1.54, 1.807) is 0 Å². The molecule has 2 amide bonds. The Morgan fingerprint density at radius 3 is 2.21 bits per heavy atom. The molecule has 1 saturated heterocycles. The largest absolute Gasteiger partial charge is 0.368 e. The van der Waals surface area contributed by atoms with Gasteiger partial charge in [-0.3, -0.25) is 0 Å². The molecule has 1 aliphatic carbocycles. The van der Waals surface area contributed by atoms with Crippen molar-refractivity contribution < 1.29 is 4.79 Å². The SMILES string of the molecule is CC(C)c1ccc(N2CCN(C(=O)NC3CCCCC3)CC2)cc1. The Labute approximate surface area is 146 Å². The van der Waals surface area contributed by atoms with E-state index in [2.05, 4.69) is 48.3 Å². The molecule has 2 aliphatic rings. The van der Waals surface area contributed by atoms with Crippen molar-refractivity contribution in [1.82, 2.24) is 10.2 Å². The molecule has 0 unspecified atom stereocenters. The van der Waals surface area contributed by atoms with Crippen LogP contribution in [0, 0.1) is 0 Å². The Morgan fingerprint density at radius 2 is 1.62 bits per heavy atom. The fourth-order valence-corrected chi connectivity index (χ4v) is 3.75. The summed E-state index contributed by atoms with van der Waals surface area (Å²) < 4.78 is 0. The van der Waals surface area contributed by atoms with Crippen LogP contribution < -0.4 is 10.2 Å². The smallest absolute Gasteiger partial charge is 0.317 e. The van der Waals surface area contributed by atoms with Crippen LogP contribution in [0.5, 0.6) is 0 Å². The lowest BCUT2D eigenvalue weighted by atomic mass is 9.96. The maximum atomic E-state index is 12.4. The number of rotatable bonds is 3. The molecule has 1 aromatic rings. The highest BCUT2D eigenvalue weighted by Gasteiger charge is 2.23. The molecule has 1 aliphatic heterocycles. The predicted octanol–water partition coefficient (Wildman–Crippen LogP) is 3.97. The zero-order chi connectivity index (χ0) is 16.9. The quantitative estimate of drug-likeness (QED) is 0.910. The summed E-state index contributed by atoms with van der Waals surface area (Å²) in [6.07, 6.45) is 6.12. The van der Waals surface area contributed by atoms with Gasteiger partial charge in [0.25, 0.3) is 0 Å². The molecule has 2 fully saturated rings. The van der Waals surface area contributed by atoms with Crippen molar-refractivity contribution in [2.45, 2.75) is 57.9 Å². The molecule has 0 spiro atoms. The van der Waals surface area contributed by atoms with E-state index >= 15 is 0 Å². The van der Waals surface area contributed by atoms with Gasteiger partial charge in [-0.05, 0) is 36.5 Å². The number of carbonyl (C=O) groups excluding carboxylic acids is 1.